The lowest BCUT2D eigenvalue weighted by Crippen LogP contribution is -2.03. The Bertz CT molecular complexity index is 4980. The van der Waals surface area contributed by atoms with Crippen molar-refractivity contribution in [2.45, 2.75) is 0 Å². The third-order valence-corrected chi connectivity index (χ3v) is 16.4. The van der Waals surface area contributed by atoms with Crippen molar-refractivity contribution >= 4 is 65.6 Å². The summed E-state index contributed by atoms with van der Waals surface area (Å²) in [7, 11) is 0. The summed E-state index contributed by atoms with van der Waals surface area (Å²) in [4.78, 5) is 10.7. The minimum Gasteiger partial charge on any atom is -0.453 e. The number of furan rings is 1. The SMILES string of the molecule is N#Cc1cc(-n2c3ccc(-c4ccccc4)cc3c3cc(-c4ccccc4)ccc32)c2c(oc3c(-c4nc(-c5ccccc5)cc(-c5ccccc5)n4)cccc32)c1-n1c2ccc(-c3ccccc3)cc2c2cc(-c3ccccc3)ccc21. The highest BCUT2D eigenvalue weighted by Gasteiger charge is 2.29. The van der Waals surface area contributed by atoms with Crippen molar-refractivity contribution in [3.8, 4) is 95.9 Å². The molecule has 16 rings (SSSR count). The fraction of sp³-hybridized carbons (Fsp3) is 0. The summed E-state index contributed by atoms with van der Waals surface area (Å²) in [5, 5.41) is 17.9. The van der Waals surface area contributed by atoms with Gasteiger partial charge in [-0.15, -0.1) is 0 Å². The third kappa shape index (κ3) is 7.94. The van der Waals surface area contributed by atoms with Crippen LogP contribution in [0, 0.1) is 11.3 Å². The number of aromatic nitrogens is 4. The van der Waals surface area contributed by atoms with Gasteiger partial charge in [-0.2, -0.15) is 5.26 Å². The monoisotopic (exact) mass is 1060 g/mol. The smallest absolute Gasteiger partial charge is 0.164 e. The normalized spacial score (nSPS) is 11.6. The van der Waals surface area contributed by atoms with E-state index in [0.717, 1.165) is 133 Å². The van der Waals surface area contributed by atoms with Gasteiger partial charge in [0.25, 0.3) is 0 Å². The number of hydrogen-bond donors (Lipinski definition) is 0. The first-order chi connectivity index (χ1) is 41.1. The van der Waals surface area contributed by atoms with E-state index < -0.39 is 0 Å². The van der Waals surface area contributed by atoms with E-state index in [1.165, 1.54) is 0 Å². The van der Waals surface area contributed by atoms with Gasteiger partial charge in [0.15, 0.2) is 11.4 Å². The molecule has 0 radical (unpaired) electrons. The summed E-state index contributed by atoms with van der Waals surface area (Å²) < 4.78 is 12.3. The summed E-state index contributed by atoms with van der Waals surface area (Å²) in [5.74, 6) is 0.524. The molecule has 0 aliphatic carbocycles. The van der Waals surface area contributed by atoms with Crippen LogP contribution in [0.25, 0.3) is 155 Å². The van der Waals surface area contributed by atoms with Gasteiger partial charge in [0.1, 0.15) is 17.3 Å². The van der Waals surface area contributed by atoms with Gasteiger partial charge in [-0.3, -0.25) is 0 Å². The van der Waals surface area contributed by atoms with Crippen LogP contribution in [0.3, 0.4) is 0 Å². The molecule has 0 bridgehead atoms. The van der Waals surface area contributed by atoms with Gasteiger partial charge in [0.2, 0.25) is 0 Å². The number of benzene rings is 12. The maximum absolute atomic E-state index is 11.9. The van der Waals surface area contributed by atoms with Gasteiger partial charge in [-0.05, 0) is 111 Å². The van der Waals surface area contributed by atoms with Crippen LogP contribution in [0.2, 0.25) is 0 Å². The van der Waals surface area contributed by atoms with Crippen molar-refractivity contribution in [2.24, 2.45) is 0 Å². The molecule has 0 aliphatic rings. The zero-order chi connectivity index (χ0) is 55.0. The first kappa shape index (κ1) is 47.6. The predicted molar refractivity (Wildman–Crippen MR) is 341 cm³/mol. The second-order valence-corrected chi connectivity index (χ2v) is 21.1. The predicted octanol–water partition coefficient (Wildman–Crippen LogP) is 20.1. The first-order valence-corrected chi connectivity index (χ1v) is 27.9. The summed E-state index contributed by atoms with van der Waals surface area (Å²) in [6.45, 7) is 0. The molecule has 16 aromatic rings. The van der Waals surface area contributed by atoms with Crippen molar-refractivity contribution in [1.82, 2.24) is 19.1 Å². The molecule has 4 heterocycles. The van der Waals surface area contributed by atoms with Gasteiger partial charge >= 0.3 is 0 Å². The van der Waals surface area contributed by atoms with E-state index in [2.05, 4.69) is 264 Å². The van der Waals surface area contributed by atoms with Crippen molar-refractivity contribution in [1.29, 1.82) is 5.26 Å². The molecule has 0 unspecified atom stereocenters. The van der Waals surface area contributed by atoms with Gasteiger partial charge in [0, 0.05) is 38.1 Å². The summed E-state index contributed by atoms with van der Waals surface area (Å²) >= 11 is 0. The van der Waals surface area contributed by atoms with E-state index in [1.54, 1.807) is 0 Å². The topological polar surface area (TPSA) is 72.6 Å². The summed E-state index contributed by atoms with van der Waals surface area (Å²) in [6.07, 6.45) is 0. The van der Waals surface area contributed by atoms with Gasteiger partial charge in [0.05, 0.1) is 55.7 Å². The Morgan fingerprint density at radius 3 is 1.07 bits per heavy atom. The zero-order valence-corrected chi connectivity index (χ0v) is 44.8. The highest BCUT2D eigenvalue weighted by Crippen LogP contribution is 2.48. The number of nitriles is 1. The second-order valence-electron chi connectivity index (χ2n) is 21.1. The standard InChI is InChI=1S/C77H47N5O/c78-48-59-46-72(81-68-38-34-55(49-20-7-1-8-21-49)42-62(68)63-43-56(35-39-69(63)81)50-22-9-2-10-23-50)73-60-32-19-33-61(77-79-66(53-28-15-5-16-29-53)47-67(80-77)54-30-17-6-18-31-54)75(60)83-76(73)74(59)82-70-40-36-57(51-24-11-3-12-25-51)44-64(70)65-45-58(37-41-71(65)82)52-26-13-4-14-27-52/h1-47H. The lowest BCUT2D eigenvalue weighted by molar-refractivity contribution is 0.666. The summed E-state index contributed by atoms with van der Waals surface area (Å²) in [6, 6.07) is 103. The molecule has 0 fully saturated rings. The van der Waals surface area contributed by atoms with Crippen LogP contribution < -0.4 is 0 Å². The molecular formula is C77H47N5O. The van der Waals surface area contributed by atoms with Crippen molar-refractivity contribution in [2.75, 3.05) is 0 Å². The first-order valence-electron chi connectivity index (χ1n) is 27.9. The minimum atomic E-state index is 0.455. The van der Waals surface area contributed by atoms with Gasteiger partial charge in [-0.1, -0.05) is 218 Å². The van der Waals surface area contributed by atoms with E-state index in [-0.39, 0.29) is 0 Å². The molecule has 0 saturated carbocycles. The molecule has 386 valence electrons. The van der Waals surface area contributed by atoms with Crippen molar-refractivity contribution < 1.29 is 4.42 Å². The second kappa shape index (κ2) is 19.5. The van der Waals surface area contributed by atoms with Crippen molar-refractivity contribution in [3.05, 3.63) is 291 Å². The van der Waals surface area contributed by atoms with Crippen LogP contribution in [-0.2, 0) is 0 Å². The lowest BCUT2D eigenvalue weighted by Gasteiger charge is -2.16. The Morgan fingerprint density at radius 2 is 0.687 bits per heavy atom. The van der Waals surface area contributed by atoms with Crippen molar-refractivity contribution in [3.63, 3.8) is 0 Å². The molecule has 12 aromatic carbocycles. The van der Waals surface area contributed by atoms with Crippen LogP contribution >= 0.6 is 0 Å². The Kier molecular flexibility index (Phi) is 11.2. The molecule has 0 atom stereocenters. The Hall–Kier alpha value is -11.4. The molecule has 6 heteroatoms. The average Bonchev–Trinajstić information content (AvgIpc) is 2.08. The third-order valence-electron chi connectivity index (χ3n) is 16.4. The van der Waals surface area contributed by atoms with Crippen LogP contribution in [0.4, 0.5) is 0 Å². The highest BCUT2D eigenvalue weighted by atomic mass is 16.3. The number of fused-ring (bicyclic) bond motifs is 9. The fourth-order valence-electron chi connectivity index (χ4n) is 12.5. The number of rotatable bonds is 9. The van der Waals surface area contributed by atoms with Gasteiger partial charge in [-0.25, -0.2) is 9.97 Å². The molecule has 0 saturated heterocycles. The maximum Gasteiger partial charge on any atom is 0.164 e. The molecule has 0 spiro atoms. The van der Waals surface area contributed by atoms with E-state index in [9.17, 15) is 5.26 Å². The molecule has 0 aliphatic heterocycles. The van der Waals surface area contributed by atoms with Crippen LogP contribution in [0.5, 0.6) is 0 Å². The largest absolute Gasteiger partial charge is 0.453 e. The van der Waals surface area contributed by atoms with E-state index in [1.807, 2.05) is 36.4 Å². The minimum absolute atomic E-state index is 0.455. The lowest BCUT2D eigenvalue weighted by atomic mass is 10.0. The Labute approximate surface area is 478 Å². The molecule has 0 amide bonds. The van der Waals surface area contributed by atoms with E-state index in [4.69, 9.17) is 14.4 Å². The molecule has 4 aromatic heterocycles. The van der Waals surface area contributed by atoms with Gasteiger partial charge < -0.3 is 13.6 Å². The maximum atomic E-state index is 11.9. The molecular weight excluding hydrogens is 1010 g/mol. The Balaban J connectivity index is 1.04. The van der Waals surface area contributed by atoms with Crippen LogP contribution in [0.15, 0.2) is 290 Å². The fourth-order valence-corrected chi connectivity index (χ4v) is 12.5. The molecule has 6 nitrogen and oxygen atoms in total. The van der Waals surface area contributed by atoms with E-state index in [0.29, 0.717) is 28.2 Å². The van der Waals surface area contributed by atoms with Crippen LogP contribution in [0.1, 0.15) is 5.56 Å². The molecule has 83 heavy (non-hydrogen) atoms. The quantitative estimate of drug-likeness (QED) is 0.144. The van der Waals surface area contributed by atoms with Crippen LogP contribution in [-0.4, -0.2) is 19.1 Å². The number of hydrogen-bond acceptors (Lipinski definition) is 4. The zero-order valence-electron chi connectivity index (χ0n) is 44.8. The Morgan fingerprint density at radius 1 is 0.313 bits per heavy atom. The summed E-state index contributed by atoms with van der Waals surface area (Å²) in [5.41, 5.74) is 20.2. The average molecular weight is 1060 g/mol. The molecule has 0 N–H and O–H groups in total. The number of nitrogens with zero attached hydrogens (tertiary/aromatic N) is 5. The highest BCUT2D eigenvalue weighted by molar-refractivity contribution is 6.20. The number of para-hydroxylation sites is 1. The van der Waals surface area contributed by atoms with E-state index >= 15 is 0 Å².